The molecule has 0 saturated heterocycles. The molecule has 0 amide bonds. The van der Waals surface area contributed by atoms with Crippen molar-refractivity contribution in [2.75, 3.05) is 0 Å². The first-order chi connectivity index (χ1) is 8.93. The van der Waals surface area contributed by atoms with Crippen LogP contribution < -0.4 is 0 Å². The molecular formula is C15H9N3. The average Bonchev–Trinajstić information content (AvgIpc) is 2.68. The molecule has 0 spiro atoms. The van der Waals surface area contributed by atoms with Crippen LogP contribution >= 0.6 is 0 Å². The second-order valence-electron chi connectivity index (χ2n) is 4.22. The number of aromatic nitrogens is 3. The molecule has 2 aromatic carbocycles. The molecule has 3 nitrogen and oxygen atoms in total. The number of hydrogen-bond acceptors (Lipinski definition) is 3. The molecule has 0 saturated carbocycles. The number of fused-ring (bicyclic) bond motifs is 5. The summed E-state index contributed by atoms with van der Waals surface area (Å²) in [6.45, 7) is 0. The summed E-state index contributed by atoms with van der Waals surface area (Å²) in [7, 11) is 0. The summed E-state index contributed by atoms with van der Waals surface area (Å²) >= 11 is 0. The van der Waals surface area contributed by atoms with Crippen LogP contribution in [0.1, 0.15) is 0 Å². The molecule has 2 aromatic rings. The third kappa shape index (κ3) is 1.21. The smallest absolute Gasteiger partial charge is 0.162 e. The maximum Gasteiger partial charge on any atom is 0.162 e. The molecule has 2 heterocycles. The van der Waals surface area contributed by atoms with Crippen molar-refractivity contribution in [3.05, 3.63) is 54.9 Å². The standard InChI is InChI=1S/C15H9N3/c1-3-7-12-10(5-1)14-11-6-2-4-8-13(11)18-15(14)17-9-16-12/h1-9H. The largest absolute Gasteiger partial charge is 0.236 e. The van der Waals surface area contributed by atoms with E-state index in [0.717, 1.165) is 33.2 Å². The van der Waals surface area contributed by atoms with Gasteiger partial charge in [0.15, 0.2) is 5.82 Å². The minimum Gasteiger partial charge on any atom is -0.236 e. The van der Waals surface area contributed by atoms with Gasteiger partial charge in [0, 0.05) is 16.3 Å². The lowest BCUT2D eigenvalue weighted by Gasteiger charge is -1.96. The lowest BCUT2D eigenvalue weighted by atomic mass is 10.1. The molecule has 3 heteroatoms. The summed E-state index contributed by atoms with van der Waals surface area (Å²) in [5, 5.41) is 2.23. The van der Waals surface area contributed by atoms with Crippen LogP contribution in [0.4, 0.5) is 0 Å². The molecular weight excluding hydrogens is 222 g/mol. The van der Waals surface area contributed by atoms with Gasteiger partial charge in [0.2, 0.25) is 0 Å². The predicted molar refractivity (Wildman–Crippen MR) is 71.5 cm³/mol. The number of para-hydroxylation sites is 2. The zero-order valence-corrected chi connectivity index (χ0v) is 9.54. The molecule has 0 aliphatic carbocycles. The van der Waals surface area contributed by atoms with Gasteiger partial charge in [-0.3, -0.25) is 0 Å². The van der Waals surface area contributed by atoms with E-state index in [-0.39, 0.29) is 0 Å². The molecule has 2 aliphatic rings. The molecule has 18 heavy (non-hydrogen) atoms. The highest BCUT2D eigenvalue weighted by Gasteiger charge is 2.14. The highest BCUT2D eigenvalue weighted by molar-refractivity contribution is 6.07. The second kappa shape index (κ2) is 3.47. The van der Waals surface area contributed by atoms with Crippen molar-refractivity contribution in [2.24, 2.45) is 0 Å². The number of benzene rings is 2. The average molecular weight is 231 g/mol. The van der Waals surface area contributed by atoms with Crippen molar-refractivity contribution in [3.8, 4) is 11.4 Å². The quantitative estimate of drug-likeness (QED) is 0.466. The van der Waals surface area contributed by atoms with Crippen LogP contribution in [0.2, 0.25) is 0 Å². The van der Waals surface area contributed by atoms with E-state index in [9.17, 15) is 0 Å². The zero-order chi connectivity index (χ0) is 11.9. The zero-order valence-electron chi connectivity index (χ0n) is 9.54. The summed E-state index contributed by atoms with van der Waals surface area (Å²) in [5.74, 6) is 0.755. The Morgan fingerprint density at radius 2 is 1.33 bits per heavy atom. The van der Waals surface area contributed by atoms with Gasteiger partial charge in [0.1, 0.15) is 6.33 Å². The molecule has 0 fully saturated rings. The highest BCUT2D eigenvalue weighted by atomic mass is 14.9. The summed E-state index contributed by atoms with van der Waals surface area (Å²) < 4.78 is 0. The van der Waals surface area contributed by atoms with Crippen LogP contribution in [-0.2, 0) is 0 Å². The van der Waals surface area contributed by atoms with Crippen molar-refractivity contribution < 1.29 is 0 Å². The Labute approximate surface area is 103 Å². The maximum atomic E-state index is 4.55. The third-order valence-corrected chi connectivity index (χ3v) is 3.17. The first-order valence-corrected chi connectivity index (χ1v) is 5.82. The summed E-state index contributed by atoms with van der Waals surface area (Å²) in [4.78, 5) is 13.2. The van der Waals surface area contributed by atoms with E-state index in [1.807, 2.05) is 36.4 Å². The summed E-state index contributed by atoms with van der Waals surface area (Å²) in [6, 6.07) is 16.2. The Hall–Kier alpha value is -2.55. The monoisotopic (exact) mass is 231 g/mol. The molecule has 84 valence electrons. The van der Waals surface area contributed by atoms with Gasteiger partial charge >= 0.3 is 0 Å². The Balaban J connectivity index is 2.33. The Morgan fingerprint density at radius 1 is 0.667 bits per heavy atom. The highest BCUT2D eigenvalue weighted by Crippen LogP contribution is 2.33. The number of rotatable bonds is 0. The van der Waals surface area contributed by atoms with Crippen molar-refractivity contribution in [1.29, 1.82) is 0 Å². The van der Waals surface area contributed by atoms with Crippen molar-refractivity contribution in [2.45, 2.75) is 0 Å². The van der Waals surface area contributed by atoms with E-state index in [0.29, 0.717) is 0 Å². The fourth-order valence-corrected chi connectivity index (χ4v) is 2.38. The van der Waals surface area contributed by atoms with Crippen LogP contribution in [-0.4, -0.2) is 15.0 Å². The number of nitrogens with zero attached hydrogens (tertiary/aromatic N) is 3. The Morgan fingerprint density at radius 3 is 2.17 bits per heavy atom. The van der Waals surface area contributed by atoms with Gasteiger partial charge in [0.05, 0.1) is 11.0 Å². The molecule has 2 aliphatic heterocycles. The molecule has 0 N–H and O–H groups in total. The third-order valence-electron chi connectivity index (χ3n) is 3.17. The van der Waals surface area contributed by atoms with Gasteiger partial charge in [-0.1, -0.05) is 36.4 Å². The molecule has 4 rings (SSSR count). The SMILES string of the molecule is c1ccc2c3c4ccccc4nc-3ncnc2c1. The first kappa shape index (κ1) is 9.48. The molecule has 0 aromatic heterocycles. The van der Waals surface area contributed by atoms with Crippen LogP contribution in [0.3, 0.4) is 0 Å². The fourth-order valence-electron chi connectivity index (χ4n) is 2.38. The minimum absolute atomic E-state index is 0.755. The van der Waals surface area contributed by atoms with Gasteiger partial charge in [-0.05, 0) is 12.1 Å². The van der Waals surface area contributed by atoms with E-state index in [1.165, 1.54) is 0 Å². The number of hydrogen-bond donors (Lipinski definition) is 0. The minimum atomic E-state index is 0.755. The normalized spacial score (nSPS) is 11.3. The van der Waals surface area contributed by atoms with E-state index in [1.54, 1.807) is 6.33 Å². The topological polar surface area (TPSA) is 38.7 Å². The van der Waals surface area contributed by atoms with Gasteiger partial charge in [0.25, 0.3) is 0 Å². The molecule has 0 radical (unpaired) electrons. The van der Waals surface area contributed by atoms with Gasteiger partial charge in [-0.25, -0.2) is 15.0 Å². The predicted octanol–water partition coefficient (Wildman–Crippen LogP) is 3.28. The first-order valence-electron chi connectivity index (χ1n) is 5.82. The fraction of sp³-hybridized carbons (Fsp3) is 0. The second-order valence-corrected chi connectivity index (χ2v) is 4.22. The Kier molecular flexibility index (Phi) is 1.83. The summed E-state index contributed by atoms with van der Waals surface area (Å²) in [6.07, 6.45) is 1.58. The van der Waals surface area contributed by atoms with Crippen molar-refractivity contribution >= 4 is 21.8 Å². The lowest BCUT2D eigenvalue weighted by molar-refractivity contribution is 1.21. The van der Waals surface area contributed by atoms with Gasteiger partial charge < -0.3 is 0 Å². The van der Waals surface area contributed by atoms with Crippen LogP contribution in [0.5, 0.6) is 0 Å². The van der Waals surface area contributed by atoms with Crippen LogP contribution in [0.25, 0.3) is 33.2 Å². The molecule has 0 unspecified atom stereocenters. The van der Waals surface area contributed by atoms with E-state index < -0.39 is 0 Å². The van der Waals surface area contributed by atoms with Crippen LogP contribution in [0.15, 0.2) is 54.9 Å². The van der Waals surface area contributed by atoms with Crippen LogP contribution in [0, 0.1) is 0 Å². The molecule has 0 bridgehead atoms. The van der Waals surface area contributed by atoms with E-state index in [2.05, 4.69) is 27.1 Å². The van der Waals surface area contributed by atoms with Crippen molar-refractivity contribution in [3.63, 3.8) is 0 Å². The van der Waals surface area contributed by atoms with Crippen molar-refractivity contribution in [1.82, 2.24) is 15.0 Å². The van der Waals surface area contributed by atoms with Gasteiger partial charge in [-0.15, -0.1) is 0 Å². The van der Waals surface area contributed by atoms with Gasteiger partial charge in [-0.2, -0.15) is 0 Å². The summed E-state index contributed by atoms with van der Waals surface area (Å²) in [5.41, 5.74) is 3.01. The van der Waals surface area contributed by atoms with E-state index in [4.69, 9.17) is 0 Å². The maximum absolute atomic E-state index is 4.55. The lowest BCUT2D eigenvalue weighted by Crippen LogP contribution is -1.77. The Bertz CT molecular complexity index is 839. The molecule has 0 atom stereocenters. The van der Waals surface area contributed by atoms with E-state index >= 15 is 0 Å².